The van der Waals surface area contributed by atoms with Crippen LogP contribution in [-0.2, 0) is 0 Å². The molecule has 0 bridgehead atoms. The highest BCUT2D eigenvalue weighted by molar-refractivity contribution is 7.20. The molecule has 0 spiro atoms. The van der Waals surface area contributed by atoms with E-state index in [0.29, 0.717) is 0 Å². The van der Waals surface area contributed by atoms with Gasteiger partial charge in [-0.05, 0) is 43.4 Å². The molecule has 0 atom stereocenters. The number of allylic oxidation sites excluding steroid dienone is 2. The van der Waals surface area contributed by atoms with Gasteiger partial charge in [0.05, 0.1) is 0 Å². The lowest BCUT2D eigenvalue weighted by molar-refractivity contribution is 1.52. The Morgan fingerprint density at radius 3 is 2.64 bits per heavy atom. The molecule has 1 heterocycles. The van der Waals surface area contributed by atoms with Crippen molar-refractivity contribution in [2.75, 3.05) is 0 Å². The maximum absolute atomic E-state index is 2.21. The summed E-state index contributed by atoms with van der Waals surface area (Å²) in [6.45, 7) is 6.48. The van der Waals surface area contributed by atoms with Crippen molar-refractivity contribution in [2.24, 2.45) is 0 Å². The molecule has 0 N–H and O–H groups in total. The van der Waals surface area contributed by atoms with E-state index in [1.165, 1.54) is 26.1 Å². The molecule has 1 heteroatoms. The predicted octanol–water partition coefficient (Wildman–Crippen LogP) is 4.63. The molecule has 0 radical (unpaired) electrons. The van der Waals surface area contributed by atoms with Crippen LogP contribution >= 0.6 is 11.3 Å². The highest BCUT2D eigenvalue weighted by Crippen LogP contribution is 2.34. The number of thiophene rings is 1. The summed E-state index contributed by atoms with van der Waals surface area (Å²) < 4.78 is 1.39. The van der Waals surface area contributed by atoms with Crippen LogP contribution in [0.5, 0.6) is 0 Å². The van der Waals surface area contributed by atoms with Gasteiger partial charge in [0, 0.05) is 9.58 Å². The zero-order chi connectivity index (χ0) is 10.1. The van der Waals surface area contributed by atoms with E-state index in [0.717, 1.165) is 0 Å². The van der Waals surface area contributed by atoms with Crippen LogP contribution in [0.4, 0.5) is 0 Å². The molecular weight excluding hydrogens is 188 g/mol. The molecule has 0 amide bonds. The highest BCUT2D eigenvalue weighted by Gasteiger charge is 2.07. The van der Waals surface area contributed by atoms with Crippen molar-refractivity contribution in [1.82, 2.24) is 0 Å². The zero-order valence-electron chi connectivity index (χ0n) is 8.79. The number of benzene rings is 1. The fraction of sp³-hybridized carbons (Fsp3) is 0.231. The molecule has 0 saturated heterocycles. The molecule has 14 heavy (non-hydrogen) atoms. The van der Waals surface area contributed by atoms with Gasteiger partial charge < -0.3 is 0 Å². The van der Waals surface area contributed by atoms with Gasteiger partial charge in [-0.15, -0.1) is 11.3 Å². The molecule has 0 aliphatic rings. The summed E-state index contributed by atoms with van der Waals surface area (Å²) in [5.74, 6) is 0. The third kappa shape index (κ3) is 1.38. The highest BCUT2D eigenvalue weighted by atomic mass is 32.1. The van der Waals surface area contributed by atoms with Gasteiger partial charge in [-0.1, -0.05) is 24.3 Å². The van der Waals surface area contributed by atoms with Gasteiger partial charge in [-0.3, -0.25) is 0 Å². The first-order valence-corrected chi connectivity index (χ1v) is 5.67. The summed E-state index contributed by atoms with van der Waals surface area (Å²) in [7, 11) is 0. The average Bonchev–Trinajstić information content (AvgIpc) is 2.56. The number of hydrogen-bond donors (Lipinski definition) is 0. The third-order valence-corrected chi connectivity index (χ3v) is 4.04. The quantitative estimate of drug-likeness (QED) is 0.632. The van der Waals surface area contributed by atoms with Crippen LogP contribution in [0.3, 0.4) is 0 Å². The maximum Gasteiger partial charge on any atom is 0.0352 e. The second kappa shape index (κ2) is 3.58. The summed E-state index contributed by atoms with van der Waals surface area (Å²) in [5, 5.41) is 1.40. The lowest BCUT2D eigenvalue weighted by atomic mass is 10.1. The fourth-order valence-corrected chi connectivity index (χ4v) is 2.92. The molecule has 0 nitrogen and oxygen atoms in total. The van der Waals surface area contributed by atoms with E-state index in [9.17, 15) is 0 Å². The van der Waals surface area contributed by atoms with Crippen LogP contribution in [-0.4, -0.2) is 0 Å². The summed E-state index contributed by atoms with van der Waals surface area (Å²) in [6.07, 6.45) is 2.18. The number of hydrogen-bond acceptors (Lipinski definition) is 1. The van der Waals surface area contributed by atoms with E-state index in [4.69, 9.17) is 0 Å². The molecule has 0 unspecified atom stereocenters. The molecule has 2 rings (SSSR count). The molecule has 0 fully saturated rings. The van der Waals surface area contributed by atoms with Gasteiger partial charge in [0.15, 0.2) is 0 Å². The molecule has 1 aromatic heterocycles. The first kappa shape index (κ1) is 9.47. The van der Waals surface area contributed by atoms with Crippen LogP contribution in [0.25, 0.3) is 15.7 Å². The van der Waals surface area contributed by atoms with Crippen LogP contribution in [0.2, 0.25) is 0 Å². The first-order valence-electron chi connectivity index (χ1n) is 4.85. The summed E-state index contributed by atoms with van der Waals surface area (Å²) >= 11 is 1.89. The second-order valence-electron chi connectivity index (χ2n) is 3.52. The van der Waals surface area contributed by atoms with E-state index < -0.39 is 0 Å². The Hall–Kier alpha value is -1.08. The van der Waals surface area contributed by atoms with Gasteiger partial charge in [0.2, 0.25) is 0 Å². The van der Waals surface area contributed by atoms with E-state index in [1.807, 2.05) is 11.3 Å². The number of fused-ring (bicyclic) bond motifs is 1. The van der Waals surface area contributed by atoms with E-state index >= 15 is 0 Å². The Labute approximate surface area is 88.9 Å². The van der Waals surface area contributed by atoms with Crippen LogP contribution in [0, 0.1) is 6.92 Å². The topological polar surface area (TPSA) is 0 Å². The van der Waals surface area contributed by atoms with Crippen LogP contribution in [0.1, 0.15) is 24.3 Å². The van der Waals surface area contributed by atoms with Gasteiger partial charge in [-0.2, -0.15) is 0 Å². The molecule has 0 aliphatic heterocycles. The Kier molecular flexibility index (Phi) is 2.42. The molecule has 1 aromatic carbocycles. The Balaban J connectivity index is 2.75. The summed E-state index contributed by atoms with van der Waals surface area (Å²) in [5.41, 5.74) is 2.80. The zero-order valence-corrected chi connectivity index (χ0v) is 9.61. The van der Waals surface area contributed by atoms with E-state index in [2.05, 4.69) is 51.1 Å². The van der Waals surface area contributed by atoms with Crippen LogP contribution in [0.15, 0.2) is 30.3 Å². The number of aryl methyl sites for hydroxylation is 1. The first-order chi connectivity index (χ1) is 6.74. The Morgan fingerprint density at radius 2 is 2.00 bits per heavy atom. The fourth-order valence-electron chi connectivity index (χ4n) is 1.68. The second-order valence-corrected chi connectivity index (χ2v) is 4.58. The van der Waals surface area contributed by atoms with E-state index in [-0.39, 0.29) is 0 Å². The maximum atomic E-state index is 2.21. The summed E-state index contributed by atoms with van der Waals surface area (Å²) in [4.78, 5) is 1.42. The minimum atomic E-state index is 1.38. The third-order valence-electron chi connectivity index (χ3n) is 2.63. The van der Waals surface area contributed by atoms with Crippen molar-refractivity contribution in [3.8, 4) is 0 Å². The van der Waals surface area contributed by atoms with Crippen molar-refractivity contribution in [1.29, 1.82) is 0 Å². The molecule has 0 aliphatic carbocycles. The van der Waals surface area contributed by atoms with Gasteiger partial charge in [-0.25, -0.2) is 0 Å². The molecular formula is C13H14S. The lowest BCUT2D eigenvalue weighted by Crippen LogP contribution is -1.76. The van der Waals surface area contributed by atoms with Crippen molar-refractivity contribution >= 4 is 27.0 Å². The minimum Gasteiger partial charge on any atom is -0.135 e. The SMILES string of the molecule is C/C=C(/C)c1sc2ccccc2c1C. The Bertz CT molecular complexity index is 489. The largest absolute Gasteiger partial charge is 0.135 e. The van der Waals surface area contributed by atoms with Crippen molar-refractivity contribution in [3.63, 3.8) is 0 Å². The van der Waals surface area contributed by atoms with Crippen molar-refractivity contribution < 1.29 is 0 Å². The summed E-state index contributed by atoms with van der Waals surface area (Å²) in [6, 6.07) is 8.61. The van der Waals surface area contributed by atoms with Crippen molar-refractivity contribution in [2.45, 2.75) is 20.8 Å². The molecule has 72 valence electrons. The van der Waals surface area contributed by atoms with E-state index in [1.54, 1.807) is 0 Å². The van der Waals surface area contributed by atoms with Crippen LogP contribution < -0.4 is 0 Å². The van der Waals surface area contributed by atoms with Gasteiger partial charge >= 0.3 is 0 Å². The molecule has 0 saturated carbocycles. The smallest absolute Gasteiger partial charge is 0.0352 e. The van der Waals surface area contributed by atoms with Gasteiger partial charge in [0.25, 0.3) is 0 Å². The standard InChI is InChI=1S/C13H14S/c1-4-9(2)13-10(3)11-7-5-6-8-12(11)14-13/h4-8H,1-3H3/b9-4-. The minimum absolute atomic E-state index is 1.38. The van der Waals surface area contributed by atoms with Gasteiger partial charge in [0.1, 0.15) is 0 Å². The number of rotatable bonds is 1. The lowest BCUT2D eigenvalue weighted by Gasteiger charge is -1.97. The average molecular weight is 202 g/mol. The molecule has 2 aromatic rings. The monoisotopic (exact) mass is 202 g/mol. The predicted molar refractivity (Wildman–Crippen MR) is 65.9 cm³/mol. The normalized spacial score (nSPS) is 12.4. The van der Waals surface area contributed by atoms with Crippen molar-refractivity contribution in [3.05, 3.63) is 40.8 Å². The Morgan fingerprint density at radius 1 is 1.29 bits per heavy atom.